The minimum Gasteiger partial charge on any atom is -0.313 e. The van der Waals surface area contributed by atoms with Crippen molar-refractivity contribution < 1.29 is 0 Å². The van der Waals surface area contributed by atoms with Crippen LogP contribution in [0.25, 0.3) is 0 Å². The van der Waals surface area contributed by atoms with Gasteiger partial charge in [0.05, 0.1) is 0 Å². The molecule has 1 nitrogen and oxygen atoms in total. The van der Waals surface area contributed by atoms with Crippen LogP contribution in [-0.4, -0.2) is 12.6 Å². The highest BCUT2D eigenvalue weighted by molar-refractivity contribution is 5.05. The van der Waals surface area contributed by atoms with E-state index >= 15 is 0 Å². The Bertz CT molecular complexity index is 138. The second-order valence-electron chi connectivity index (χ2n) is 3.83. The normalized spacial score (nSPS) is 30.2. The molecular formula is C10H19N. The lowest BCUT2D eigenvalue weighted by Crippen LogP contribution is -2.22. The first kappa shape index (κ1) is 8.79. The first-order chi connectivity index (χ1) is 5.24. The predicted octanol–water partition coefficient (Wildman–Crippen LogP) is 2.20. The average molecular weight is 153 g/mol. The molecule has 0 radical (unpaired) electrons. The lowest BCUT2D eigenvalue weighted by molar-refractivity contribution is 0.542. The Labute approximate surface area is 69.9 Å². The predicted molar refractivity (Wildman–Crippen MR) is 49.5 cm³/mol. The molecule has 1 aliphatic carbocycles. The molecule has 1 heteroatoms. The maximum Gasteiger partial charge on any atom is 0.0137 e. The van der Waals surface area contributed by atoms with Gasteiger partial charge in [-0.15, -0.1) is 0 Å². The van der Waals surface area contributed by atoms with Crippen LogP contribution in [0.4, 0.5) is 0 Å². The molecule has 0 aromatic heterocycles. The minimum absolute atomic E-state index is 0.779. The van der Waals surface area contributed by atoms with Gasteiger partial charge < -0.3 is 5.32 Å². The van der Waals surface area contributed by atoms with E-state index in [1.807, 2.05) is 0 Å². The van der Waals surface area contributed by atoms with E-state index < -0.39 is 0 Å². The third kappa shape index (κ3) is 3.06. The molecule has 0 saturated heterocycles. The molecule has 1 N–H and O–H groups in total. The van der Waals surface area contributed by atoms with Gasteiger partial charge >= 0.3 is 0 Å². The first-order valence-corrected chi connectivity index (χ1v) is 4.60. The fraction of sp³-hybridized carbons (Fsp3) is 0.800. The lowest BCUT2D eigenvalue weighted by atomic mass is 10.2. The smallest absolute Gasteiger partial charge is 0.0137 e. The molecule has 0 spiro atoms. The van der Waals surface area contributed by atoms with Crippen molar-refractivity contribution in [3.8, 4) is 0 Å². The third-order valence-electron chi connectivity index (χ3n) is 2.07. The van der Waals surface area contributed by atoms with Gasteiger partial charge in [-0.1, -0.05) is 26.0 Å². The van der Waals surface area contributed by atoms with Gasteiger partial charge in [0, 0.05) is 6.04 Å². The Balaban J connectivity index is 2.04. The Hall–Kier alpha value is -0.300. The molecule has 0 aliphatic heterocycles. The van der Waals surface area contributed by atoms with E-state index in [-0.39, 0.29) is 0 Å². The van der Waals surface area contributed by atoms with E-state index in [1.165, 1.54) is 13.0 Å². The van der Waals surface area contributed by atoms with Crippen LogP contribution in [0.5, 0.6) is 0 Å². The summed E-state index contributed by atoms with van der Waals surface area (Å²) in [7, 11) is 0. The fourth-order valence-electron chi connectivity index (χ4n) is 1.30. The Morgan fingerprint density at radius 3 is 2.82 bits per heavy atom. The van der Waals surface area contributed by atoms with E-state index in [4.69, 9.17) is 0 Å². The Kier molecular flexibility index (Phi) is 3.13. The number of hydrogen-bond donors (Lipinski definition) is 1. The molecule has 0 aromatic rings. The molecule has 64 valence electrons. The summed E-state index contributed by atoms with van der Waals surface area (Å²) in [5.74, 6) is 1.61. The molecule has 11 heavy (non-hydrogen) atoms. The van der Waals surface area contributed by atoms with Crippen molar-refractivity contribution in [3.05, 3.63) is 12.2 Å². The summed E-state index contributed by atoms with van der Waals surface area (Å²) >= 11 is 0. The highest BCUT2D eigenvalue weighted by Crippen LogP contribution is 2.31. The van der Waals surface area contributed by atoms with Gasteiger partial charge in [0.1, 0.15) is 0 Å². The second-order valence-corrected chi connectivity index (χ2v) is 3.83. The number of hydrogen-bond acceptors (Lipinski definition) is 1. The SMILES string of the molecule is C/C=C/C1CC1NCC(C)C. The lowest BCUT2D eigenvalue weighted by Gasteiger charge is -2.04. The van der Waals surface area contributed by atoms with Gasteiger partial charge in [0.15, 0.2) is 0 Å². The van der Waals surface area contributed by atoms with E-state index in [0.29, 0.717) is 0 Å². The largest absolute Gasteiger partial charge is 0.313 e. The summed E-state index contributed by atoms with van der Waals surface area (Å²) in [5.41, 5.74) is 0. The van der Waals surface area contributed by atoms with Gasteiger partial charge in [0.2, 0.25) is 0 Å². The monoisotopic (exact) mass is 153 g/mol. The number of rotatable bonds is 4. The van der Waals surface area contributed by atoms with Crippen molar-refractivity contribution in [1.29, 1.82) is 0 Å². The quantitative estimate of drug-likeness (QED) is 0.610. The maximum atomic E-state index is 3.54. The second kappa shape index (κ2) is 3.91. The summed E-state index contributed by atoms with van der Waals surface area (Å²) in [6.07, 6.45) is 5.80. The molecule has 0 aromatic carbocycles. The van der Waals surface area contributed by atoms with Gasteiger partial charge in [-0.25, -0.2) is 0 Å². The zero-order valence-electron chi connectivity index (χ0n) is 7.80. The van der Waals surface area contributed by atoms with Crippen molar-refractivity contribution >= 4 is 0 Å². The van der Waals surface area contributed by atoms with Crippen LogP contribution in [-0.2, 0) is 0 Å². The summed E-state index contributed by atoms with van der Waals surface area (Å²) in [6.45, 7) is 7.76. The summed E-state index contributed by atoms with van der Waals surface area (Å²) in [5, 5.41) is 3.54. The van der Waals surface area contributed by atoms with E-state index in [1.54, 1.807) is 0 Å². The van der Waals surface area contributed by atoms with Crippen LogP contribution in [0.15, 0.2) is 12.2 Å². The van der Waals surface area contributed by atoms with Crippen LogP contribution >= 0.6 is 0 Å². The molecule has 2 unspecified atom stereocenters. The Morgan fingerprint density at radius 1 is 1.55 bits per heavy atom. The molecule has 2 atom stereocenters. The molecule has 1 rings (SSSR count). The van der Waals surface area contributed by atoms with Gasteiger partial charge in [-0.05, 0) is 31.7 Å². The van der Waals surface area contributed by atoms with Crippen LogP contribution in [0.3, 0.4) is 0 Å². The molecule has 1 aliphatic rings. The maximum absolute atomic E-state index is 3.54. The van der Waals surface area contributed by atoms with Gasteiger partial charge in [-0.3, -0.25) is 0 Å². The third-order valence-corrected chi connectivity index (χ3v) is 2.07. The molecule has 1 fully saturated rings. The number of allylic oxidation sites excluding steroid dienone is 1. The van der Waals surface area contributed by atoms with E-state index in [9.17, 15) is 0 Å². The highest BCUT2D eigenvalue weighted by atomic mass is 15.0. The van der Waals surface area contributed by atoms with E-state index in [2.05, 4.69) is 38.2 Å². The molecule has 0 bridgehead atoms. The van der Waals surface area contributed by atoms with Crippen molar-refractivity contribution in [1.82, 2.24) is 5.32 Å². The first-order valence-electron chi connectivity index (χ1n) is 4.60. The standard InChI is InChI=1S/C10H19N/c1-4-5-9-6-10(9)11-7-8(2)3/h4-5,8-11H,6-7H2,1-3H3/b5-4+. The Morgan fingerprint density at radius 2 is 2.27 bits per heavy atom. The summed E-state index contributed by atoms with van der Waals surface area (Å²) in [4.78, 5) is 0. The fourth-order valence-corrected chi connectivity index (χ4v) is 1.30. The van der Waals surface area contributed by atoms with Gasteiger partial charge in [-0.2, -0.15) is 0 Å². The zero-order valence-corrected chi connectivity index (χ0v) is 7.80. The minimum atomic E-state index is 0.779. The topological polar surface area (TPSA) is 12.0 Å². The van der Waals surface area contributed by atoms with Crippen LogP contribution < -0.4 is 5.32 Å². The highest BCUT2D eigenvalue weighted by Gasteiger charge is 2.33. The van der Waals surface area contributed by atoms with Crippen LogP contribution in [0, 0.1) is 11.8 Å². The van der Waals surface area contributed by atoms with Crippen molar-refractivity contribution in [3.63, 3.8) is 0 Å². The van der Waals surface area contributed by atoms with Gasteiger partial charge in [0.25, 0.3) is 0 Å². The average Bonchev–Trinajstić information content (AvgIpc) is 2.64. The zero-order chi connectivity index (χ0) is 8.27. The molecule has 0 heterocycles. The summed E-state index contributed by atoms with van der Waals surface area (Å²) in [6, 6.07) is 0.786. The number of nitrogens with one attached hydrogen (secondary N) is 1. The summed E-state index contributed by atoms with van der Waals surface area (Å²) < 4.78 is 0. The molecular weight excluding hydrogens is 134 g/mol. The van der Waals surface area contributed by atoms with Crippen molar-refractivity contribution in [2.75, 3.05) is 6.54 Å². The van der Waals surface area contributed by atoms with Crippen molar-refractivity contribution in [2.45, 2.75) is 33.2 Å². The van der Waals surface area contributed by atoms with E-state index in [0.717, 1.165) is 17.9 Å². The van der Waals surface area contributed by atoms with Crippen LogP contribution in [0.1, 0.15) is 27.2 Å². The molecule has 0 amide bonds. The van der Waals surface area contributed by atoms with Crippen LogP contribution in [0.2, 0.25) is 0 Å². The molecule has 1 saturated carbocycles. The van der Waals surface area contributed by atoms with Crippen molar-refractivity contribution in [2.24, 2.45) is 11.8 Å².